The summed E-state index contributed by atoms with van der Waals surface area (Å²) >= 11 is 12.6. The van der Waals surface area contributed by atoms with Crippen molar-refractivity contribution >= 4 is 45.8 Å². The first-order chi connectivity index (χ1) is 14.9. The number of para-hydroxylation sites is 1. The lowest BCUT2D eigenvalue weighted by Gasteiger charge is -2.35. The number of carbonyl (C=O) groups excluding carboxylic acids is 1. The molecule has 4 nitrogen and oxygen atoms in total. The lowest BCUT2D eigenvalue weighted by molar-refractivity contribution is -0.148. The van der Waals surface area contributed by atoms with Crippen LogP contribution in [0.1, 0.15) is 25.5 Å². The maximum Gasteiger partial charge on any atom is 0.309 e. The zero-order chi connectivity index (χ0) is 22.1. The number of halogens is 2. The Balaban J connectivity index is 1.77. The number of aromatic nitrogens is 1. The van der Waals surface area contributed by atoms with E-state index in [2.05, 4.69) is 23.6 Å². The number of hydrogen-bond donors (Lipinski definition) is 0. The zero-order valence-electron chi connectivity index (χ0n) is 17.6. The lowest BCUT2D eigenvalue weighted by atomic mass is 9.93. The molecule has 0 amide bonds. The second-order valence-corrected chi connectivity index (χ2v) is 8.61. The fourth-order valence-electron chi connectivity index (χ4n) is 4.20. The molecule has 1 aliphatic heterocycles. The van der Waals surface area contributed by atoms with Gasteiger partial charge in [-0.2, -0.15) is 0 Å². The second-order valence-electron chi connectivity index (χ2n) is 7.77. The lowest BCUT2D eigenvalue weighted by Crippen LogP contribution is -2.35. The molecular formula is C25H24Cl2N2O2. The molecule has 2 aromatic carbocycles. The van der Waals surface area contributed by atoms with Crippen LogP contribution in [0.5, 0.6) is 0 Å². The number of carbonyl (C=O) groups is 1. The monoisotopic (exact) mass is 454 g/mol. The molecular weight excluding hydrogens is 431 g/mol. The second kappa shape index (κ2) is 8.89. The van der Waals surface area contributed by atoms with E-state index in [-0.39, 0.29) is 11.9 Å². The van der Waals surface area contributed by atoms with Gasteiger partial charge in [0.1, 0.15) is 0 Å². The Morgan fingerprint density at radius 3 is 2.74 bits per heavy atom. The van der Waals surface area contributed by atoms with Crippen molar-refractivity contribution in [3.8, 4) is 11.1 Å². The van der Waals surface area contributed by atoms with Crippen LogP contribution >= 0.6 is 23.2 Å². The molecule has 0 bridgehead atoms. The minimum atomic E-state index is -0.140. The van der Waals surface area contributed by atoms with Gasteiger partial charge in [0.05, 0.1) is 23.7 Å². The fourth-order valence-corrected chi connectivity index (χ4v) is 4.71. The van der Waals surface area contributed by atoms with Crippen LogP contribution in [0.25, 0.3) is 22.0 Å². The van der Waals surface area contributed by atoms with E-state index in [0.29, 0.717) is 29.6 Å². The number of benzene rings is 2. The average molecular weight is 455 g/mol. The molecule has 6 heteroatoms. The summed E-state index contributed by atoms with van der Waals surface area (Å²) in [7, 11) is 0. The van der Waals surface area contributed by atoms with Gasteiger partial charge in [-0.3, -0.25) is 9.78 Å². The van der Waals surface area contributed by atoms with Gasteiger partial charge in [0.15, 0.2) is 0 Å². The van der Waals surface area contributed by atoms with Crippen LogP contribution in [0, 0.1) is 12.8 Å². The minimum absolute atomic E-state index is 0.138. The van der Waals surface area contributed by atoms with Gasteiger partial charge in [0.2, 0.25) is 0 Å². The van der Waals surface area contributed by atoms with Crippen molar-refractivity contribution in [1.29, 1.82) is 0 Å². The quantitative estimate of drug-likeness (QED) is 0.406. The summed E-state index contributed by atoms with van der Waals surface area (Å²) in [4.78, 5) is 19.2. The highest BCUT2D eigenvalue weighted by Crippen LogP contribution is 2.39. The standard InChI is InChI=1S/C25H24Cl2N2O2/c1-4-31-25(30)17-10-11-29(16(3)13-17)23-12-15(2)28-24-20(6-5-7-21(23)24)19-9-8-18(26)14-22(19)27/h5-9,12,14,17H,3-4,10-11,13H2,1-2H3. The predicted molar refractivity (Wildman–Crippen MR) is 128 cm³/mol. The summed E-state index contributed by atoms with van der Waals surface area (Å²) in [5.41, 5.74) is 5.58. The number of rotatable bonds is 4. The molecule has 1 fully saturated rings. The van der Waals surface area contributed by atoms with Crippen LogP contribution in [0.2, 0.25) is 10.0 Å². The number of ether oxygens (including phenoxy) is 1. The Hall–Kier alpha value is -2.56. The van der Waals surface area contributed by atoms with E-state index in [4.69, 9.17) is 32.9 Å². The summed E-state index contributed by atoms with van der Waals surface area (Å²) in [6.45, 7) is 9.18. The number of esters is 1. The van der Waals surface area contributed by atoms with Crippen molar-refractivity contribution in [3.05, 3.63) is 70.5 Å². The molecule has 3 aromatic rings. The molecule has 4 rings (SSSR count). The molecule has 1 saturated heterocycles. The number of hydrogen-bond acceptors (Lipinski definition) is 4. The van der Waals surface area contributed by atoms with E-state index in [1.807, 2.05) is 38.1 Å². The highest BCUT2D eigenvalue weighted by molar-refractivity contribution is 6.36. The number of pyridine rings is 1. The molecule has 0 N–H and O–H groups in total. The van der Waals surface area contributed by atoms with Crippen LogP contribution in [-0.4, -0.2) is 24.1 Å². The van der Waals surface area contributed by atoms with Gasteiger partial charge in [0.25, 0.3) is 0 Å². The van der Waals surface area contributed by atoms with Crippen molar-refractivity contribution in [1.82, 2.24) is 4.98 Å². The zero-order valence-corrected chi connectivity index (χ0v) is 19.1. The maximum atomic E-state index is 12.2. The van der Waals surface area contributed by atoms with Crippen LogP contribution < -0.4 is 4.90 Å². The summed E-state index contributed by atoms with van der Waals surface area (Å²) in [6, 6.07) is 13.7. The summed E-state index contributed by atoms with van der Waals surface area (Å²) < 4.78 is 5.21. The Bertz CT molecular complexity index is 1180. The van der Waals surface area contributed by atoms with Gasteiger partial charge in [-0.1, -0.05) is 54.0 Å². The summed E-state index contributed by atoms with van der Waals surface area (Å²) in [5, 5.41) is 2.20. The van der Waals surface area contributed by atoms with Crippen LogP contribution in [0.15, 0.2) is 54.7 Å². The van der Waals surface area contributed by atoms with Gasteiger partial charge in [-0.25, -0.2) is 0 Å². The van der Waals surface area contributed by atoms with Crippen LogP contribution in [0.4, 0.5) is 5.69 Å². The first kappa shape index (κ1) is 21.7. The molecule has 1 atom stereocenters. The van der Waals surface area contributed by atoms with Crippen molar-refractivity contribution in [3.63, 3.8) is 0 Å². The van der Waals surface area contributed by atoms with E-state index in [1.165, 1.54) is 0 Å². The maximum absolute atomic E-state index is 12.2. The number of anilines is 1. The number of allylic oxidation sites excluding steroid dienone is 1. The van der Waals surface area contributed by atoms with E-state index in [0.717, 1.165) is 45.5 Å². The third kappa shape index (κ3) is 4.28. The Labute approximate surface area is 192 Å². The highest BCUT2D eigenvalue weighted by Gasteiger charge is 2.29. The fraction of sp³-hybridized carbons (Fsp3) is 0.280. The van der Waals surface area contributed by atoms with Crippen LogP contribution in [-0.2, 0) is 9.53 Å². The van der Waals surface area contributed by atoms with E-state index in [9.17, 15) is 4.79 Å². The number of fused-ring (bicyclic) bond motifs is 1. The normalized spacial score (nSPS) is 16.6. The Morgan fingerprint density at radius 2 is 2.03 bits per heavy atom. The van der Waals surface area contributed by atoms with Gasteiger partial charge in [-0.15, -0.1) is 0 Å². The van der Waals surface area contributed by atoms with Crippen molar-refractivity contribution in [2.24, 2.45) is 5.92 Å². The van der Waals surface area contributed by atoms with Gasteiger partial charge in [-0.05, 0) is 38.5 Å². The molecule has 0 radical (unpaired) electrons. The summed E-state index contributed by atoms with van der Waals surface area (Å²) in [5.74, 6) is -0.278. The Kier molecular flexibility index (Phi) is 6.22. The summed E-state index contributed by atoms with van der Waals surface area (Å²) in [6.07, 6.45) is 1.31. The molecule has 2 heterocycles. The molecule has 0 aliphatic carbocycles. The van der Waals surface area contributed by atoms with E-state index >= 15 is 0 Å². The predicted octanol–water partition coefficient (Wildman–Crippen LogP) is 6.81. The first-order valence-electron chi connectivity index (χ1n) is 10.4. The van der Waals surface area contributed by atoms with Gasteiger partial charge >= 0.3 is 5.97 Å². The molecule has 0 saturated carbocycles. The van der Waals surface area contributed by atoms with Gasteiger partial charge in [0, 0.05) is 50.9 Å². The average Bonchev–Trinajstić information content (AvgIpc) is 2.73. The first-order valence-corrected chi connectivity index (χ1v) is 11.1. The minimum Gasteiger partial charge on any atom is -0.466 e. The smallest absolute Gasteiger partial charge is 0.309 e. The highest BCUT2D eigenvalue weighted by atomic mass is 35.5. The van der Waals surface area contributed by atoms with E-state index < -0.39 is 0 Å². The molecule has 31 heavy (non-hydrogen) atoms. The van der Waals surface area contributed by atoms with E-state index in [1.54, 1.807) is 6.07 Å². The third-order valence-corrected chi connectivity index (χ3v) is 6.19. The largest absolute Gasteiger partial charge is 0.466 e. The molecule has 1 aliphatic rings. The number of nitrogens with zero attached hydrogens (tertiary/aromatic N) is 2. The number of aryl methyl sites for hydroxylation is 1. The molecule has 160 valence electrons. The van der Waals surface area contributed by atoms with Crippen LogP contribution in [0.3, 0.4) is 0 Å². The van der Waals surface area contributed by atoms with Gasteiger partial charge < -0.3 is 9.64 Å². The Morgan fingerprint density at radius 1 is 1.23 bits per heavy atom. The topological polar surface area (TPSA) is 42.4 Å². The number of piperidine rings is 1. The van der Waals surface area contributed by atoms with Crippen molar-refractivity contribution in [2.45, 2.75) is 26.7 Å². The molecule has 1 unspecified atom stereocenters. The SMILES string of the molecule is C=C1CC(C(=O)OCC)CCN1c1cc(C)nc2c(-c3ccc(Cl)cc3Cl)cccc12. The molecule has 0 spiro atoms. The van der Waals surface area contributed by atoms with Crippen molar-refractivity contribution in [2.75, 3.05) is 18.1 Å². The van der Waals surface area contributed by atoms with Crippen molar-refractivity contribution < 1.29 is 9.53 Å². The molecule has 1 aromatic heterocycles. The third-order valence-electron chi connectivity index (χ3n) is 5.64.